The predicted octanol–water partition coefficient (Wildman–Crippen LogP) is 4.37. The van der Waals surface area contributed by atoms with E-state index in [1.807, 2.05) is 60.7 Å². The van der Waals surface area contributed by atoms with Crippen LogP contribution in [0.4, 0.5) is 0 Å². The van der Waals surface area contributed by atoms with Crippen molar-refractivity contribution < 1.29 is 14.6 Å². The molecule has 1 aliphatic heterocycles. The number of para-hydroxylation sites is 1. The van der Waals surface area contributed by atoms with Gasteiger partial charge in [0.05, 0.1) is 13.2 Å². The number of fused-ring (bicyclic) bond motifs is 1. The van der Waals surface area contributed by atoms with Crippen LogP contribution in [-0.4, -0.2) is 30.3 Å². The number of methoxy groups -OCH3 is 1. The lowest BCUT2D eigenvalue weighted by Gasteiger charge is -2.21. The first-order valence-corrected chi connectivity index (χ1v) is 10.0. The van der Waals surface area contributed by atoms with E-state index in [9.17, 15) is 5.11 Å². The Hall–Kier alpha value is -2.82. The zero-order chi connectivity index (χ0) is 20.1. The minimum atomic E-state index is -0.534. The van der Waals surface area contributed by atoms with Gasteiger partial charge in [-0.3, -0.25) is 4.90 Å². The fraction of sp³-hybridized carbons (Fsp3) is 0.280. The van der Waals surface area contributed by atoms with Crippen LogP contribution in [0.3, 0.4) is 0 Å². The zero-order valence-corrected chi connectivity index (χ0v) is 16.8. The normalized spacial score (nSPS) is 15.1. The van der Waals surface area contributed by atoms with Crippen LogP contribution in [0, 0.1) is 0 Å². The van der Waals surface area contributed by atoms with E-state index in [0.29, 0.717) is 13.0 Å². The van der Waals surface area contributed by atoms with Crippen molar-refractivity contribution in [2.45, 2.75) is 25.6 Å². The highest BCUT2D eigenvalue weighted by Gasteiger charge is 2.19. The van der Waals surface area contributed by atoms with Crippen molar-refractivity contribution in [3.8, 4) is 11.5 Å². The van der Waals surface area contributed by atoms with Gasteiger partial charge in [-0.25, -0.2) is 0 Å². The molecule has 4 rings (SSSR count). The molecule has 0 aliphatic carbocycles. The van der Waals surface area contributed by atoms with Crippen LogP contribution in [0.25, 0.3) is 0 Å². The van der Waals surface area contributed by atoms with Crippen LogP contribution >= 0.6 is 0 Å². The van der Waals surface area contributed by atoms with Crippen molar-refractivity contribution in [1.82, 2.24) is 4.90 Å². The molecule has 0 fully saturated rings. The van der Waals surface area contributed by atoms with Gasteiger partial charge >= 0.3 is 0 Å². The van der Waals surface area contributed by atoms with Gasteiger partial charge < -0.3 is 14.6 Å². The van der Waals surface area contributed by atoms with Crippen LogP contribution in [0.1, 0.15) is 28.4 Å². The number of benzene rings is 3. The second kappa shape index (κ2) is 9.12. The molecule has 0 aromatic heterocycles. The first-order chi connectivity index (χ1) is 14.2. The summed E-state index contributed by atoms with van der Waals surface area (Å²) in [6, 6.07) is 24.3. The highest BCUT2D eigenvalue weighted by atomic mass is 16.5. The van der Waals surface area contributed by atoms with Crippen molar-refractivity contribution >= 4 is 0 Å². The topological polar surface area (TPSA) is 41.9 Å². The first-order valence-electron chi connectivity index (χ1n) is 10.0. The van der Waals surface area contributed by atoms with Gasteiger partial charge in [-0.1, -0.05) is 54.6 Å². The van der Waals surface area contributed by atoms with Crippen LogP contribution in [-0.2, 0) is 19.5 Å². The van der Waals surface area contributed by atoms with Crippen molar-refractivity contribution in [1.29, 1.82) is 0 Å². The number of aliphatic hydroxyl groups excluding tert-OH is 1. The Morgan fingerprint density at radius 2 is 1.83 bits per heavy atom. The fourth-order valence-electron chi connectivity index (χ4n) is 3.84. The van der Waals surface area contributed by atoms with E-state index in [1.165, 1.54) is 5.56 Å². The lowest BCUT2D eigenvalue weighted by atomic mass is 9.99. The lowest BCUT2D eigenvalue weighted by Crippen LogP contribution is -2.25. The van der Waals surface area contributed by atoms with Gasteiger partial charge in [-0.15, -0.1) is 0 Å². The minimum absolute atomic E-state index is 0.534. The van der Waals surface area contributed by atoms with Crippen LogP contribution < -0.4 is 9.47 Å². The third-order valence-electron chi connectivity index (χ3n) is 5.39. The lowest BCUT2D eigenvalue weighted by molar-refractivity contribution is 0.178. The second-order valence-corrected chi connectivity index (χ2v) is 7.44. The number of nitrogens with zero attached hydrogens (tertiary/aromatic N) is 1. The van der Waals surface area contributed by atoms with E-state index in [0.717, 1.165) is 47.8 Å². The predicted molar refractivity (Wildman–Crippen MR) is 114 cm³/mol. The Bertz CT molecular complexity index is 942. The van der Waals surface area contributed by atoms with Crippen molar-refractivity contribution in [2.75, 3.05) is 20.3 Å². The van der Waals surface area contributed by atoms with Gasteiger partial charge in [0.25, 0.3) is 0 Å². The van der Waals surface area contributed by atoms with Gasteiger partial charge in [0, 0.05) is 37.2 Å². The monoisotopic (exact) mass is 389 g/mol. The summed E-state index contributed by atoms with van der Waals surface area (Å²) in [6.45, 7) is 3.06. The second-order valence-electron chi connectivity index (χ2n) is 7.44. The van der Waals surface area contributed by atoms with Crippen LogP contribution in [0.15, 0.2) is 72.8 Å². The Morgan fingerprint density at radius 3 is 2.66 bits per heavy atom. The summed E-state index contributed by atoms with van der Waals surface area (Å²) in [5, 5.41) is 10.7. The number of hydrogen-bond acceptors (Lipinski definition) is 4. The van der Waals surface area contributed by atoms with Gasteiger partial charge in [-0.2, -0.15) is 0 Å². The number of aliphatic hydroxyl groups is 1. The molecule has 3 aromatic rings. The molecule has 3 aromatic carbocycles. The van der Waals surface area contributed by atoms with E-state index in [-0.39, 0.29) is 0 Å². The van der Waals surface area contributed by atoms with E-state index < -0.39 is 6.10 Å². The number of hydrogen-bond donors (Lipinski definition) is 1. The third-order valence-corrected chi connectivity index (χ3v) is 5.39. The molecule has 0 unspecified atom stereocenters. The maximum absolute atomic E-state index is 10.7. The Labute approximate surface area is 172 Å². The fourth-order valence-corrected chi connectivity index (χ4v) is 3.84. The van der Waals surface area contributed by atoms with E-state index in [4.69, 9.17) is 9.47 Å². The molecule has 1 atom stereocenters. The summed E-state index contributed by atoms with van der Waals surface area (Å²) in [6.07, 6.45) is 0.0689. The SMILES string of the molecule is COc1ccccc1CN1CCOc2ccc([C@H](O)Cc3ccccc3)cc2C1. The van der Waals surface area contributed by atoms with Gasteiger partial charge in [0.15, 0.2) is 0 Å². The van der Waals surface area contributed by atoms with Crippen molar-refractivity contribution in [3.05, 3.63) is 95.1 Å². The summed E-state index contributed by atoms with van der Waals surface area (Å²) in [7, 11) is 1.71. The molecule has 0 saturated carbocycles. The van der Waals surface area contributed by atoms with Gasteiger partial charge in [0.2, 0.25) is 0 Å². The molecule has 1 aliphatic rings. The molecule has 0 amide bonds. The largest absolute Gasteiger partial charge is 0.496 e. The Balaban J connectivity index is 1.51. The maximum Gasteiger partial charge on any atom is 0.123 e. The summed E-state index contributed by atoms with van der Waals surface area (Å²) in [4.78, 5) is 2.36. The Morgan fingerprint density at radius 1 is 1.03 bits per heavy atom. The summed E-state index contributed by atoms with van der Waals surface area (Å²) < 4.78 is 11.5. The third kappa shape index (κ3) is 4.78. The van der Waals surface area contributed by atoms with Crippen molar-refractivity contribution in [2.24, 2.45) is 0 Å². The van der Waals surface area contributed by atoms with Gasteiger partial charge in [0.1, 0.15) is 18.1 Å². The molecule has 1 heterocycles. The number of ether oxygens (including phenoxy) is 2. The quantitative estimate of drug-likeness (QED) is 0.680. The van der Waals surface area contributed by atoms with Gasteiger partial charge in [-0.05, 0) is 29.3 Å². The summed E-state index contributed by atoms with van der Waals surface area (Å²) in [5.74, 6) is 1.81. The van der Waals surface area contributed by atoms with Crippen LogP contribution in [0.5, 0.6) is 11.5 Å². The molecule has 0 radical (unpaired) electrons. The number of rotatable bonds is 6. The molecule has 4 nitrogen and oxygen atoms in total. The highest BCUT2D eigenvalue weighted by Crippen LogP contribution is 2.29. The average molecular weight is 389 g/mol. The molecule has 1 N–H and O–H groups in total. The van der Waals surface area contributed by atoms with E-state index in [2.05, 4.69) is 17.0 Å². The summed E-state index contributed by atoms with van der Waals surface area (Å²) >= 11 is 0. The van der Waals surface area contributed by atoms with E-state index >= 15 is 0 Å². The molecule has 150 valence electrons. The Kier molecular flexibility index (Phi) is 6.13. The molecule has 29 heavy (non-hydrogen) atoms. The standard InChI is InChI=1S/C25H27NO3/c1-28-24-10-6-5-9-21(24)17-26-13-14-29-25-12-11-20(16-22(25)18-26)23(27)15-19-7-3-2-4-8-19/h2-12,16,23,27H,13-15,17-18H2,1H3/t23-/m1/s1. The molecular weight excluding hydrogens is 362 g/mol. The smallest absolute Gasteiger partial charge is 0.123 e. The maximum atomic E-state index is 10.7. The van der Waals surface area contributed by atoms with Crippen molar-refractivity contribution in [3.63, 3.8) is 0 Å². The van der Waals surface area contributed by atoms with E-state index in [1.54, 1.807) is 7.11 Å². The molecule has 0 bridgehead atoms. The molecule has 0 spiro atoms. The minimum Gasteiger partial charge on any atom is -0.496 e. The van der Waals surface area contributed by atoms with Crippen LogP contribution in [0.2, 0.25) is 0 Å². The molecule has 0 saturated heterocycles. The first kappa shape index (κ1) is 19.5. The molecular formula is C25H27NO3. The highest BCUT2D eigenvalue weighted by molar-refractivity contribution is 5.39. The zero-order valence-electron chi connectivity index (χ0n) is 16.8. The molecule has 4 heteroatoms. The summed E-state index contributed by atoms with van der Waals surface area (Å²) in [5.41, 5.74) is 4.33. The average Bonchev–Trinajstić information content (AvgIpc) is 2.96.